The fourth-order valence-corrected chi connectivity index (χ4v) is 6.05. The fourth-order valence-electron chi connectivity index (χ4n) is 2.88. The van der Waals surface area contributed by atoms with E-state index < -0.39 is 8.07 Å². The van der Waals surface area contributed by atoms with Gasteiger partial charge in [0.15, 0.2) is 0 Å². The van der Waals surface area contributed by atoms with Crippen molar-refractivity contribution in [3.05, 3.63) is 84.4 Å². The summed E-state index contributed by atoms with van der Waals surface area (Å²) in [5.74, 6) is 0. The van der Waals surface area contributed by atoms with Crippen LogP contribution < -0.4 is 0 Å². The zero-order valence-corrected chi connectivity index (χ0v) is 12.8. The second-order valence-corrected chi connectivity index (χ2v) is 10.7. The zero-order valence-electron chi connectivity index (χ0n) is 11.8. The predicted octanol–water partition coefficient (Wildman–Crippen LogP) is 5.25. The van der Waals surface area contributed by atoms with Crippen LogP contribution in [0, 0.1) is 0 Å². The Labute approximate surface area is 117 Å². The molecule has 19 heavy (non-hydrogen) atoms. The summed E-state index contributed by atoms with van der Waals surface area (Å²) in [7, 11) is -1.43. The molecule has 0 unspecified atom stereocenters. The molecule has 0 aliphatic heterocycles. The summed E-state index contributed by atoms with van der Waals surface area (Å²) in [6, 6.07) is 22.9. The Morgan fingerprint density at radius 2 is 1.32 bits per heavy atom. The summed E-state index contributed by atoms with van der Waals surface area (Å²) >= 11 is 0. The molecule has 98 valence electrons. The first-order valence-electron chi connectivity index (χ1n) is 6.86. The molecule has 2 aromatic rings. The molecule has 0 saturated heterocycles. The molecule has 2 aromatic carbocycles. The highest BCUT2D eigenvalue weighted by Crippen LogP contribution is 2.36. The van der Waals surface area contributed by atoms with Crippen LogP contribution >= 0.6 is 0 Å². The molecule has 0 aliphatic rings. The third-order valence-electron chi connectivity index (χ3n) is 3.72. The first kappa shape index (κ1) is 13.8. The van der Waals surface area contributed by atoms with Gasteiger partial charge in [0.05, 0.1) is 8.07 Å². The van der Waals surface area contributed by atoms with Crippen LogP contribution in [0.5, 0.6) is 0 Å². The quantitative estimate of drug-likeness (QED) is 0.512. The molecule has 0 N–H and O–H groups in total. The SMILES string of the molecule is C=CC[Si](C)(C)C(c1ccccc1)c1ccccc1. The summed E-state index contributed by atoms with van der Waals surface area (Å²) in [6.45, 7) is 8.87. The van der Waals surface area contributed by atoms with Gasteiger partial charge >= 0.3 is 0 Å². The molecular weight excluding hydrogens is 244 g/mol. The lowest BCUT2D eigenvalue weighted by molar-refractivity contribution is 1.06. The first-order chi connectivity index (χ1) is 9.15. The van der Waals surface area contributed by atoms with Gasteiger partial charge in [-0.2, -0.15) is 0 Å². The Bertz CT molecular complexity index is 474. The first-order valence-corrected chi connectivity index (χ1v) is 10.1. The van der Waals surface area contributed by atoms with Gasteiger partial charge in [-0.05, 0) is 17.2 Å². The summed E-state index contributed by atoms with van der Waals surface area (Å²) in [6.07, 6.45) is 2.09. The molecule has 0 spiro atoms. The standard InChI is InChI=1S/C18H22Si/c1-4-15-19(2,3)18(16-11-7-5-8-12-16)17-13-9-6-10-14-17/h4-14,18H,1,15H2,2-3H3. The van der Waals surface area contributed by atoms with Crippen LogP contribution in [-0.4, -0.2) is 8.07 Å². The summed E-state index contributed by atoms with van der Waals surface area (Å²) in [5.41, 5.74) is 3.41. The van der Waals surface area contributed by atoms with Gasteiger partial charge in [-0.1, -0.05) is 79.8 Å². The van der Waals surface area contributed by atoms with Gasteiger partial charge in [-0.3, -0.25) is 0 Å². The van der Waals surface area contributed by atoms with E-state index in [9.17, 15) is 0 Å². The van der Waals surface area contributed by atoms with E-state index in [1.165, 1.54) is 11.1 Å². The van der Waals surface area contributed by atoms with Gasteiger partial charge in [-0.15, -0.1) is 6.58 Å². The third kappa shape index (κ3) is 3.24. The highest BCUT2D eigenvalue weighted by Gasteiger charge is 2.32. The Morgan fingerprint density at radius 3 is 1.68 bits per heavy atom. The molecule has 0 aliphatic carbocycles. The van der Waals surface area contributed by atoms with Crippen molar-refractivity contribution in [2.24, 2.45) is 0 Å². The molecule has 0 saturated carbocycles. The molecule has 0 aromatic heterocycles. The lowest BCUT2D eigenvalue weighted by atomic mass is 10.0. The third-order valence-corrected chi connectivity index (χ3v) is 7.29. The molecule has 0 amide bonds. The fraction of sp³-hybridized carbons (Fsp3) is 0.222. The number of hydrogen-bond donors (Lipinski definition) is 0. The normalized spacial score (nSPS) is 11.5. The summed E-state index contributed by atoms with van der Waals surface area (Å²) in [4.78, 5) is 0. The van der Waals surface area contributed by atoms with Crippen LogP contribution in [0.1, 0.15) is 16.7 Å². The maximum atomic E-state index is 3.95. The molecule has 1 heteroatoms. The van der Waals surface area contributed by atoms with Gasteiger partial charge in [0.2, 0.25) is 0 Å². The van der Waals surface area contributed by atoms with Gasteiger partial charge in [0, 0.05) is 5.54 Å². The second-order valence-electron chi connectivity index (χ2n) is 5.74. The molecule has 0 fully saturated rings. The number of allylic oxidation sites excluding steroid dienone is 1. The van der Waals surface area contributed by atoms with E-state index in [1.807, 2.05) is 0 Å². The average molecular weight is 266 g/mol. The second kappa shape index (κ2) is 6.03. The molecular formula is C18H22Si. The lowest BCUT2D eigenvalue weighted by Crippen LogP contribution is -2.35. The van der Waals surface area contributed by atoms with E-state index in [2.05, 4.69) is 86.4 Å². The Balaban J connectivity index is 2.48. The Morgan fingerprint density at radius 1 is 0.895 bits per heavy atom. The Kier molecular flexibility index (Phi) is 4.38. The number of rotatable bonds is 5. The maximum absolute atomic E-state index is 3.95. The number of hydrogen-bond acceptors (Lipinski definition) is 0. The molecule has 0 heterocycles. The highest BCUT2D eigenvalue weighted by molar-refractivity contribution is 6.79. The van der Waals surface area contributed by atoms with E-state index in [0.717, 1.165) is 6.04 Å². The van der Waals surface area contributed by atoms with Crippen LogP contribution in [0.25, 0.3) is 0 Å². The van der Waals surface area contributed by atoms with Crippen molar-refractivity contribution >= 4 is 8.07 Å². The van der Waals surface area contributed by atoms with Gasteiger partial charge in [-0.25, -0.2) is 0 Å². The van der Waals surface area contributed by atoms with Crippen LogP contribution in [0.4, 0.5) is 0 Å². The zero-order chi connectivity index (χ0) is 13.7. The molecule has 0 radical (unpaired) electrons. The maximum Gasteiger partial charge on any atom is 0.0640 e. The van der Waals surface area contributed by atoms with Crippen molar-refractivity contribution < 1.29 is 0 Å². The lowest BCUT2D eigenvalue weighted by Gasteiger charge is -2.33. The number of benzene rings is 2. The van der Waals surface area contributed by atoms with Crippen LogP contribution in [0.15, 0.2) is 73.3 Å². The van der Waals surface area contributed by atoms with Crippen molar-refractivity contribution in [3.63, 3.8) is 0 Å². The van der Waals surface area contributed by atoms with E-state index in [-0.39, 0.29) is 0 Å². The monoisotopic (exact) mass is 266 g/mol. The van der Waals surface area contributed by atoms with E-state index >= 15 is 0 Å². The van der Waals surface area contributed by atoms with E-state index in [0.29, 0.717) is 5.54 Å². The topological polar surface area (TPSA) is 0 Å². The van der Waals surface area contributed by atoms with Crippen LogP contribution in [0.3, 0.4) is 0 Å². The molecule has 2 rings (SSSR count). The minimum Gasteiger partial charge on any atom is -0.103 e. The summed E-state index contributed by atoms with van der Waals surface area (Å²) < 4.78 is 0. The van der Waals surface area contributed by atoms with Crippen molar-refractivity contribution in [2.75, 3.05) is 0 Å². The predicted molar refractivity (Wildman–Crippen MR) is 87.2 cm³/mol. The summed E-state index contributed by atoms with van der Waals surface area (Å²) in [5, 5.41) is 0. The van der Waals surface area contributed by atoms with Crippen molar-refractivity contribution in [3.8, 4) is 0 Å². The van der Waals surface area contributed by atoms with E-state index in [4.69, 9.17) is 0 Å². The van der Waals surface area contributed by atoms with Crippen LogP contribution in [0.2, 0.25) is 19.1 Å². The highest BCUT2D eigenvalue weighted by atomic mass is 28.3. The van der Waals surface area contributed by atoms with Crippen molar-refractivity contribution in [2.45, 2.75) is 24.7 Å². The molecule has 0 nitrogen and oxygen atoms in total. The molecule has 0 bridgehead atoms. The van der Waals surface area contributed by atoms with Gasteiger partial charge in [0.25, 0.3) is 0 Å². The average Bonchev–Trinajstić information content (AvgIpc) is 2.41. The molecule has 0 atom stereocenters. The van der Waals surface area contributed by atoms with Crippen LogP contribution in [-0.2, 0) is 0 Å². The minimum atomic E-state index is -1.43. The Hall–Kier alpha value is -1.60. The van der Waals surface area contributed by atoms with Crippen molar-refractivity contribution in [1.82, 2.24) is 0 Å². The smallest absolute Gasteiger partial charge is 0.0640 e. The van der Waals surface area contributed by atoms with Gasteiger partial charge in [0.1, 0.15) is 0 Å². The van der Waals surface area contributed by atoms with E-state index in [1.54, 1.807) is 0 Å². The van der Waals surface area contributed by atoms with Crippen molar-refractivity contribution in [1.29, 1.82) is 0 Å². The minimum absolute atomic E-state index is 0.535. The largest absolute Gasteiger partial charge is 0.103 e. The van der Waals surface area contributed by atoms with Gasteiger partial charge < -0.3 is 0 Å².